The Labute approximate surface area is 145 Å². The summed E-state index contributed by atoms with van der Waals surface area (Å²) >= 11 is 0. The summed E-state index contributed by atoms with van der Waals surface area (Å²) < 4.78 is 0. The first kappa shape index (κ1) is 15.6. The highest BCUT2D eigenvalue weighted by Gasteiger charge is 2.23. The maximum absolute atomic E-state index is 11.6. The largest absolute Gasteiger partial charge is 0.363 e. The van der Waals surface area contributed by atoms with Crippen molar-refractivity contribution in [3.63, 3.8) is 0 Å². The van der Waals surface area contributed by atoms with Gasteiger partial charge in [-0.1, -0.05) is 6.07 Å². The Morgan fingerprint density at radius 2 is 1.92 bits per heavy atom. The van der Waals surface area contributed by atoms with Crippen molar-refractivity contribution in [2.45, 2.75) is 0 Å². The molecule has 1 saturated heterocycles. The van der Waals surface area contributed by atoms with E-state index in [0.717, 1.165) is 48.3 Å². The van der Waals surface area contributed by atoms with Crippen molar-refractivity contribution < 1.29 is 4.92 Å². The van der Waals surface area contributed by atoms with Crippen LogP contribution in [0.3, 0.4) is 0 Å². The molecule has 0 unspecified atom stereocenters. The molecule has 0 amide bonds. The van der Waals surface area contributed by atoms with Gasteiger partial charge >= 0.3 is 0 Å². The number of nitrogens with zero attached hydrogens (tertiary/aromatic N) is 4. The van der Waals surface area contributed by atoms with Crippen LogP contribution in [0.1, 0.15) is 0 Å². The number of benzene rings is 1. The highest BCUT2D eigenvalue weighted by atomic mass is 16.6. The fourth-order valence-corrected chi connectivity index (χ4v) is 3.26. The molecule has 2 aromatic heterocycles. The molecule has 0 atom stereocenters. The molecule has 1 N–H and O–H groups in total. The van der Waals surface area contributed by atoms with Crippen LogP contribution in [0.2, 0.25) is 0 Å². The summed E-state index contributed by atoms with van der Waals surface area (Å²) in [6.45, 7) is 3.42. The molecule has 0 saturated carbocycles. The van der Waals surface area contributed by atoms with Crippen molar-refractivity contribution in [3.8, 4) is 11.1 Å². The predicted molar refractivity (Wildman–Crippen MR) is 97.9 cm³/mol. The van der Waals surface area contributed by atoms with E-state index in [4.69, 9.17) is 0 Å². The molecule has 1 aromatic carbocycles. The molecule has 7 nitrogen and oxygen atoms in total. The number of piperazine rings is 1. The second kappa shape index (κ2) is 6.18. The van der Waals surface area contributed by atoms with Gasteiger partial charge in [0.25, 0.3) is 5.69 Å². The Bertz CT molecular complexity index is 928. The van der Waals surface area contributed by atoms with E-state index in [0.29, 0.717) is 5.69 Å². The Morgan fingerprint density at radius 3 is 2.68 bits per heavy atom. The molecule has 0 aliphatic carbocycles. The van der Waals surface area contributed by atoms with Gasteiger partial charge in [-0.2, -0.15) is 0 Å². The summed E-state index contributed by atoms with van der Waals surface area (Å²) in [5.41, 5.74) is 3.33. The number of pyridine rings is 1. The Balaban J connectivity index is 1.72. The van der Waals surface area contributed by atoms with E-state index >= 15 is 0 Å². The average Bonchev–Trinajstić information content (AvgIpc) is 3.09. The standard InChI is InChI=1S/C18H19N5O2/c1-21-6-8-22(9-7-21)16-3-2-13(11-17(16)23(24)25)15-10-14-4-5-19-18(14)20-12-15/h2-5,10-12H,6-9H2,1H3,(H,19,20). The number of fused-ring (bicyclic) bond motifs is 1. The molecule has 0 radical (unpaired) electrons. The van der Waals surface area contributed by atoms with Crippen LogP contribution >= 0.6 is 0 Å². The summed E-state index contributed by atoms with van der Waals surface area (Å²) in [5, 5.41) is 12.6. The van der Waals surface area contributed by atoms with Gasteiger partial charge in [0.05, 0.1) is 4.92 Å². The zero-order valence-electron chi connectivity index (χ0n) is 14.0. The van der Waals surface area contributed by atoms with Gasteiger partial charge in [-0.15, -0.1) is 0 Å². The van der Waals surface area contributed by atoms with Gasteiger partial charge in [0.1, 0.15) is 11.3 Å². The van der Waals surface area contributed by atoms with Gasteiger partial charge in [-0.3, -0.25) is 10.1 Å². The molecule has 4 rings (SSSR count). The molecule has 1 aliphatic rings. The average molecular weight is 337 g/mol. The van der Waals surface area contributed by atoms with E-state index in [9.17, 15) is 10.1 Å². The lowest BCUT2D eigenvalue weighted by Gasteiger charge is -2.33. The molecular formula is C18H19N5O2. The Morgan fingerprint density at radius 1 is 1.12 bits per heavy atom. The van der Waals surface area contributed by atoms with Crippen LogP contribution in [-0.2, 0) is 0 Å². The van der Waals surface area contributed by atoms with E-state index < -0.39 is 0 Å². The predicted octanol–water partition coefficient (Wildman–Crippen LogP) is 2.89. The third-order valence-electron chi connectivity index (χ3n) is 4.75. The molecule has 1 aliphatic heterocycles. The third-order valence-corrected chi connectivity index (χ3v) is 4.75. The van der Waals surface area contributed by atoms with Crippen LogP contribution in [-0.4, -0.2) is 53.0 Å². The number of hydrogen-bond donors (Lipinski definition) is 1. The minimum Gasteiger partial charge on any atom is -0.363 e. The number of nitro groups is 1. The topological polar surface area (TPSA) is 78.3 Å². The highest BCUT2D eigenvalue weighted by Crippen LogP contribution is 2.34. The number of hydrogen-bond acceptors (Lipinski definition) is 5. The first-order valence-electron chi connectivity index (χ1n) is 8.27. The SMILES string of the molecule is CN1CCN(c2ccc(-c3cnc4[nH]ccc4c3)cc2[N+](=O)[O-])CC1. The van der Waals surface area contributed by atoms with E-state index in [-0.39, 0.29) is 10.6 Å². The molecule has 7 heteroatoms. The zero-order chi connectivity index (χ0) is 17.4. The van der Waals surface area contributed by atoms with Gasteiger partial charge in [0.15, 0.2) is 0 Å². The van der Waals surface area contributed by atoms with Crippen LogP contribution in [0.25, 0.3) is 22.2 Å². The Hall–Kier alpha value is -2.93. The lowest BCUT2D eigenvalue weighted by atomic mass is 10.0. The molecule has 128 valence electrons. The van der Waals surface area contributed by atoms with Crippen molar-refractivity contribution >= 4 is 22.4 Å². The normalized spacial score (nSPS) is 15.6. The Kier molecular flexibility index (Phi) is 3.85. The minimum atomic E-state index is -0.292. The van der Waals surface area contributed by atoms with Gasteiger partial charge in [0.2, 0.25) is 0 Å². The van der Waals surface area contributed by atoms with Crippen LogP contribution in [0, 0.1) is 10.1 Å². The first-order valence-corrected chi connectivity index (χ1v) is 8.27. The minimum absolute atomic E-state index is 0.149. The summed E-state index contributed by atoms with van der Waals surface area (Å²) in [7, 11) is 2.07. The van der Waals surface area contributed by atoms with Crippen molar-refractivity contribution in [1.82, 2.24) is 14.9 Å². The number of rotatable bonds is 3. The van der Waals surface area contributed by atoms with Gasteiger partial charge in [0, 0.05) is 55.6 Å². The van der Waals surface area contributed by atoms with Crippen LogP contribution in [0.15, 0.2) is 42.7 Å². The van der Waals surface area contributed by atoms with E-state index in [2.05, 4.69) is 26.8 Å². The van der Waals surface area contributed by atoms with E-state index in [1.165, 1.54) is 0 Å². The maximum atomic E-state index is 11.6. The first-order chi connectivity index (χ1) is 12.1. The maximum Gasteiger partial charge on any atom is 0.293 e. The molecule has 0 bridgehead atoms. The summed E-state index contributed by atoms with van der Waals surface area (Å²) in [5.74, 6) is 0. The smallest absolute Gasteiger partial charge is 0.293 e. The third kappa shape index (κ3) is 2.94. The number of likely N-dealkylation sites (N-methyl/N-ethyl adjacent to an activating group) is 1. The number of aromatic nitrogens is 2. The fourth-order valence-electron chi connectivity index (χ4n) is 3.26. The molecule has 25 heavy (non-hydrogen) atoms. The van der Waals surface area contributed by atoms with Crippen molar-refractivity contribution in [2.75, 3.05) is 38.1 Å². The van der Waals surface area contributed by atoms with Crippen LogP contribution in [0.5, 0.6) is 0 Å². The molecular weight excluding hydrogens is 318 g/mol. The number of nitrogens with one attached hydrogen (secondary N) is 1. The molecule has 0 spiro atoms. The summed E-state index contributed by atoms with van der Waals surface area (Å²) in [6.07, 6.45) is 3.58. The highest BCUT2D eigenvalue weighted by molar-refractivity contribution is 5.83. The number of aromatic amines is 1. The second-order valence-corrected chi connectivity index (χ2v) is 6.39. The number of nitro benzene ring substituents is 1. The monoisotopic (exact) mass is 337 g/mol. The zero-order valence-corrected chi connectivity index (χ0v) is 14.0. The molecule has 3 heterocycles. The van der Waals surface area contributed by atoms with E-state index in [1.54, 1.807) is 12.3 Å². The number of anilines is 1. The van der Waals surface area contributed by atoms with Gasteiger partial charge in [-0.25, -0.2) is 4.98 Å². The lowest BCUT2D eigenvalue weighted by Crippen LogP contribution is -2.44. The van der Waals surface area contributed by atoms with Crippen LogP contribution < -0.4 is 4.90 Å². The molecule has 3 aromatic rings. The van der Waals surface area contributed by atoms with Gasteiger partial charge in [-0.05, 0) is 30.8 Å². The van der Waals surface area contributed by atoms with Crippen LogP contribution in [0.4, 0.5) is 11.4 Å². The van der Waals surface area contributed by atoms with E-state index in [1.807, 2.05) is 30.5 Å². The van der Waals surface area contributed by atoms with Gasteiger partial charge < -0.3 is 14.8 Å². The summed E-state index contributed by atoms with van der Waals surface area (Å²) in [6, 6.07) is 9.39. The fraction of sp³-hybridized carbons (Fsp3) is 0.278. The lowest BCUT2D eigenvalue weighted by molar-refractivity contribution is -0.384. The van der Waals surface area contributed by atoms with Crippen molar-refractivity contribution in [2.24, 2.45) is 0 Å². The van der Waals surface area contributed by atoms with Crippen molar-refractivity contribution in [1.29, 1.82) is 0 Å². The summed E-state index contributed by atoms with van der Waals surface area (Å²) in [4.78, 5) is 23.1. The van der Waals surface area contributed by atoms with Crippen molar-refractivity contribution in [3.05, 3.63) is 52.8 Å². The number of H-pyrrole nitrogens is 1. The second-order valence-electron chi connectivity index (χ2n) is 6.39. The molecule has 1 fully saturated rings. The quantitative estimate of drug-likeness (QED) is 0.587.